The fraction of sp³-hybridized carbons (Fsp3) is 0.944. The Hall–Kier alpha value is -0.890. The number of hydrogen-bond acceptors (Lipinski definition) is 5. The highest BCUT2D eigenvalue weighted by Crippen LogP contribution is 2.14. The van der Waals surface area contributed by atoms with Crippen LogP contribution in [0, 0.1) is 5.92 Å². The zero-order valence-electron chi connectivity index (χ0n) is 15.8. The van der Waals surface area contributed by atoms with Crippen molar-refractivity contribution >= 4 is 5.96 Å². The molecule has 2 atom stereocenters. The molecule has 7 heteroatoms. The van der Waals surface area contributed by atoms with E-state index in [-0.39, 0.29) is 12.1 Å². The Morgan fingerprint density at radius 2 is 2.00 bits per heavy atom. The monoisotopic (exact) mass is 357 g/mol. The lowest BCUT2D eigenvalue weighted by atomic mass is 10.0. The van der Waals surface area contributed by atoms with Crippen LogP contribution in [0.1, 0.15) is 32.6 Å². The first-order valence-electron chi connectivity index (χ1n) is 9.60. The molecule has 0 radical (unpaired) electrons. The van der Waals surface area contributed by atoms with Gasteiger partial charge in [-0.1, -0.05) is 0 Å². The van der Waals surface area contributed by atoms with E-state index in [4.69, 9.17) is 18.9 Å². The molecule has 7 nitrogen and oxygen atoms in total. The topological polar surface area (TPSA) is 73.3 Å². The smallest absolute Gasteiger partial charge is 0.191 e. The van der Waals surface area contributed by atoms with E-state index in [0.29, 0.717) is 19.1 Å². The third-order valence-corrected chi connectivity index (χ3v) is 4.53. The average molecular weight is 357 g/mol. The second-order valence-corrected chi connectivity index (χ2v) is 6.85. The first-order chi connectivity index (χ1) is 12.3. The molecule has 146 valence electrons. The van der Waals surface area contributed by atoms with Gasteiger partial charge in [0.05, 0.1) is 19.3 Å². The third-order valence-electron chi connectivity index (χ3n) is 4.53. The Morgan fingerprint density at radius 3 is 2.72 bits per heavy atom. The van der Waals surface area contributed by atoms with Crippen LogP contribution in [0.25, 0.3) is 0 Å². The SMILES string of the molecule is CN=C(NCCCOCC1CCOCC1)NC(C)COC1CCOC1. The molecule has 0 saturated carbocycles. The van der Waals surface area contributed by atoms with E-state index in [2.05, 4.69) is 22.5 Å². The standard InChI is InChI=1S/C18H35N3O4/c1-15(12-25-17-6-11-24-14-17)21-18(19-2)20-7-3-8-23-13-16-4-9-22-10-5-16/h15-17H,3-14H2,1-2H3,(H2,19,20,21). The molecular formula is C18H35N3O4. The Kier molecular flexibility index (Phi) is 10.2. The highest BCUT2D eigenvalue weighted by molar-refractivity contribution is 5.79. The fourth-order valence-electron chi connectivity index (χ4n) is 2.94. The molecule has 0 spiro atoms. The van der Waals surface area contributed by atoms with Crippen molar-refractivity contribution in [2.75, 3.05) is 59.8 Å². The summed E-state index contributed by atoms with van der Waals surface area (Å²) in [5, 5.41) is 6.68. The summed E-state index contributed by atoms with van der Waals surface area (Å²) in [6, 6.07) is 0.205. The van der Waals surface area contributed by atoms with Gasteiger partial charge in [0, 0.05) is 52.7 Å². The van der Waals surface area contributed by atoms with Gasteiger partial charge in [0.2, 0.25) is 0 Å². The third kappa shape index (κ3) is 8.85. The van der Waals surface area contributed by atoms with Gasteiger partial charge in [-0.15, -0.1) is 0 Å². The van der Waals surface area contributed by atoms with E-state index < -0.39 is 0 Å². The summed E-state index contributed by atoms with van der Waals surface area (Å²) in [6.07, 6.45) is 4.46. The van der Waals surface area contributed by atoms with Gasteiger partial charge in [-0.05, 0) is 38.5 Å². The molecule has 2 aliphatic heterocycles. The number of ether oxygens (including phenoxy) is 4. The number of nitrogens with zero attached hydrogens (tertiary/aromatic N) is 1. The molecule has 2 fully saturated rings. The van der Waals surface area contributed by atoms with E-state index in [1.54, 1.807) is 7.05 Å². The summed E-state index contributed by atoms with van der Waals surface area (Å²) in [4.78, 5) is 4.26. The van der Waals surface area contributed by atoms with Crippen molar-refractivity contribution in [3.63, 3.8) is 0 Å². The molecule has 25 heavy (non-hydrogen) atoms. The summed E-state index contributed by atoms with van der Waals surface area (Å²) < 4.78 is 22.3. The van der Waals surface area contributed by atoms with Gasteiger partial charge in [0.15, 0.2) is 5.96 Å². The number of nitrogens with one attached hydrogen (secondary N) is 2. The van der Waals surface area contributed by atoms with Gasteiger partial charge in [0.25, 0.3) is 0 Å². The lowest BCUT2D eigenvalue weighted by Crippen LogP contribution is -2.44. The number of aliphatic imine (C=N–C) groups is 1. The molecule has 2 N–H and O–H groups in total. The zero-order chi connectivity index (χ0) is 17.7. The number of hydrogen-bond donors (Lipinski definition) is 2. The summed E-state index contributed by atoms with van der Waals surface area (Å²) in [6.45, 7) is 8.53. The predicted molar refractivity (Wildman–Crippen MR) is 98.1 cm³/mol. The Labute approximate surface area is 151 Å². The van der Waals surface area contributed by atoms with Gasteiger partial charge in [0.1, 0.15) is 0 Å². The minimum absolute atomic E-state index is 0.205. The number of rotatable bonds is 10. The van der Waals surface area contributed by atoms with E-state index in [1.807, 2.05) is 0 Å². The quantitative estimate of drug-likeness (QED) is 0.347. The number of guanidine groups is 1. The summed E-state index contributed by atoms with van der Waals surface area (Å²) >= 11 is 0. The second-order valence-electron chi connectivity index (χ2n) is 6.85. The molecule has 2 saturated heterocycles. The van der Waals surface area contributed by atoms with Crippen LogP contribution in [0.5, 0.6) is 0 Å². The summed E-state index contributed by atoms with van der Waals surface area (Å²) in [5.41, 5.74) is 0. The van der Waals surface area contributed by atoms with Crippen LogP contribution in [-0.2, 0) is 18.9 Å². The van der Waals surface area contributed by atoms with Gasteiger partial charge < -0.3 is 29.6 Å². The van der Waals surface area contributed by atoms with Gasteiger partial charge in [-0.3, -0.25) is 4.99 Å². The van der Waals surface area contributed by atoms with Crippen molar-refractivity contribution in [1.29, 1.82) is 0 Å². The van der Waals surface area contributed by atoms with Crippen molar-refractivity contribution in [3.8, 4) is 0 Å². The summed E-state index contributed by atoms with van der Waals surface area (Å²) in [7, 11) is 1.79. The van der Waals surface area contributed by atoms with E-state index >= 15 is 0 Å². The largest absolute Gasteiger partial charge is 0.381 e. The molecule has 0 aromatic heterocycles. The minimum Gasteiger partial charge on any atom is -0.381 e. The fourth-order valence-corrected chi connectivity index (χ4v) is 2.94. The lowest BCUT2D eigenvalue weighted by Gasteiger charge is -2.22. The normalized spacial score (nSPS) is 23.6. The van der Waals surface area contributed by atoms with Crippen molar-refractivity contribution in [1.82, 2.24) is 10.6 Å². The van der Waals surface area contributed by atoms with Crippen molar-refractivity contribution in [3.05, 3.63) is 0 Å². The molecule has 2 heterocycles. The van der Waals surface area contributed by atoms with Crippen molar-refractivity contribution < 1.29 is 18.9 Å². The van der Waals surface area contributed by atoms with Crippen LogP contribution in [0.4, 0.5) is 0 Å². The molecule has 0 bridgehead atoms. The van der Waals surface area contributed by atoms with E-state index in [9.17, 15) is 0 Å². The molecule has 2 rings (SSSR count). The van der Waals surface area contributed by atoms with Crippen molar-refractivity contribution in [2.45, 2.75) is 44.8 Å². The molecular weight excluding hydrogens is 322 g/mol. The maximum atomic E-state index is 5.83. The first-order valence-corrected chi connectivity index (χ1v) is 9.60. The highest BCUT2D eigenvalue weighted by Gasteiger charge is 2.17. The predicted octanol–water partition coefficient (Wildman–Crippen LogP) is 1.18. The lowest BCUT2D eigenvalue weighted by molar-refractivity contribution is 0.0203. The highest BCUT2D eigenvalue weighted by atomic mass is 16.5. The van der Waals surface area contributed by atoms with Crippen LogP contribution in [0.2, 0.25) is 0 Å². The van der Waals surface area contributed by atoms with Crippen LogP contribution >= 0.6 is 0 Å². The molecule has 2 aliphatic rings. The maximum absolute atomic E-state index is 5.83. The van der Waals surface area contributed by atoms with Gasteiger partial charge in [-0.2, -0.15) is 0 Å². The van der Waals surface area contributed by atoms with Crippen molar-refractivity contribution in [2.24, 2.45) is 10.9 Å². The van der Waals surface area contributed by atoms with Gasteiger partial charge >= 0.3 is 0 Å². The van der Waals surface area contributed by atoms with E-state index in [0.717, 1.165) is 71.2 Å². The zero-order valence-corrected chi connectivity index (χ0v) is 15.8. The summed E-state index contributed by atoms with van der Waals surface area (Å²) in [5.74, 6) is 1.48. The van der Waals surface area contributed by atoms with Crippen LogP contribution < -0.4 is 10.6 Å². The average Bonchev–Trinajstić information content (AvgIpc) is 3.16. The molecule has 0 aliphatic carbocycles. The second kappa shape index (κ2) is 12.5. The van der Waals surface area contributed by atoms with Crippen LogP contribution in [-0.4, -0.2) is 77.9 Å². The molecule has 0 aromatic rings. The molecule has 0 amide bonds. The maximum Gasteiger partial charge on any atom is 0.191 e. The Bertz CT molecular complexity index is 369. The Balaban J connectivity index is 1.46. The minimum atomic E-state index is 0.205. The van der Waals surface area contributed by atoms with Crippen LogP contribution in [0.15, 0.2) is 4.99 Å². The molecule has 2 unspecified atom stereocenters. The first kappa shape index (κ1) is 20.4. The molecule has 0 aromatic carbocycles. The van der Waals surface area contributed by atoms with Crippen LogP contribution in [0.3, 0.4) is 0 Å². The van der Waals surface area contributed by atoms with E-state index in [1.165, 1.54) is 0 Å². The van der Waals surface area contributed by atoms with Gasteiger partial charge in [-0.25, -0.2) is 0 Å². The Morgan fingerprint density at radius 1 is 1.20 bits per heavy atom.